The van der Waals surface area contributed by atoms with Crippen LogP contribution in [0.25, 0.3) is 11.4 Å². The molecule has 28 heavy (non-hydrogen) atoms. The van der Waals surface area contributed by atoms with Gasteiger partial charge in [0.15, 0.2) is 5.82 Å². The van der Waals surface area contributed by atoms with E-state index in [1.54, 1.807) is 0 Å². The minimum Gasteiger partial charge on any atom is -0.487 e. The van der Waals surface area contributed by atoms with Crippen LogP contribution in [0.3, 0.4) is 0 Å². The molecule has 1 N–H and O–H groups in total. The smallest absolute Gasteiger partial charge is 0.439 e. The van der Waals surface area contributed by atoms with Gasteiger partial charge in [0, 0.05) is 11.5 Å². The molecule has 3 aliphatic rings. The van der Waals surface area contributed by atoms with Crippen LogP contribution in [0, 0.1) is 17.8 Å². The second-order valence-electron chi connectivity index (χ2n) is 8.40. The first-order chi connectivity index (χ1) is 13.7. The van der Waals surface area contributed by atoms with Crippen LogP contribution in [0.15, 0.2) is 33.6 Å². The average Bonchev–Trinajstić information content (AvgIpc) is 3.45. The predicted molar refractivity (Wildman–Crippen MR) is 102 cm³/mol. The van der Waals surface area contributed by atoms with Crippen molar-refractivity contribution in [2.45, 2.75) is 44.6 Å². The summed E-state index contributed by atoms with van der Waals surface area (Å²) in [6.07, 6.45) is 7.39. The number of rotatable bonds is 5. The number of nitrogens with one attached hydrogen (secondary N) is 1. The minimum atomic E-state index is -0.583. The van der Waals surface area contributed by atoms with Gasteiger partial charge in [0.25, 0.3) is 0 Å². The van der Waals surface area contributed by atoms with Crippen molar-refractivity contribution in [2.75, 3.05) is 13.1 Å². The van der Waals surface area contributed by atoms with Crippen molar-refractivity contribution < 1.29 is 14.1 Å². The molecule has 1 aromatic carbocycles. The number of nitrogens with zero attached hydrogens (tertiary/aromatic N) is 2. The SMILES string of the molecule is O=C(C1CCC(C2CC2)CC1)N1CC(Oc2cccc(-c3noc(=O)[nH]3)c2)C1. The summed E-state index contributed by atoms with van der Waals surface area (Å²) >= 11 is 0. The topological polar surface area (TPSA) is 88.4 Å². The summed E-state index contributed by atoms with van der Waals surface area (Å²) in [5.41, 5.74) is 0.725. The highest BCUT2D eigenvalue weighted by molar-refractivity contribution is 5.79. The van der Waals surface area contributed by atoms with Gasteiger partial charge in [-0.05, 0) is 62.5 Å². The Morgan fingerprint density at radius 2 is 1.82 bits per heavy atom. The molecule has 0 radical (unpaired) electrons. The summed E-state index contributed by atoms with van der Waals surface area (Å²) in [6.45, 7) is 1.29. The summed E-state index contributed by atoms with van der Waals surface area (Å²) in [5.74, 6) is 2.85. The summed E-state index contributed by atoms with van der Waals surface area (Å²) in [6, 6.07) is 7.36. The molecule has 1 aliphatic heterocycles. The largest absolute Gasteiger partial charge is 0.487 e. The third-order valence-corrected chi connectivity index (χ3v) is 6.42. The monoisotopic (exact) mass is 383 g/mol. The van der Waals surface area contributed by atoms with Gasteiger partial charge in [0.1, 0.15) is 11.9 Å². The first-order valence-corrected chi connectivity index (χ1v) is 10.3. The number of benzene rings is 1. The van der Waals surface area contributed by atoms with E-state index in [4.69, 9.17) is 4.74 Å². The van der Waals surface area contributed by atoms with E-state index in [0.29, 0.717) is 30.6 Å². The fourth-order valence-corrected chi connectivity index (χ4v) is 4.62. The lowest BCUT2D eigenvalue weighted by atomic mass is 9.79. The lowest BCUT2D eigenvalue weighted by molar-refractivity contribution is -0.145. The fourth-order valence-electron chi connectivity index (χ4n) is 4.62. The summed E-state index contributed by atoms with van der Waals surface area (Å²) in [4.78, 5) is 28.3. The van der Waals surface area contributed by atoms with E-state index in [-0.39, 0.29) is 12.0 Å². The number of hydrogen-bond acceptors (Lipinski definition) is 5. The van der Waals surface area contributed by atoms with Crippen LogP contribution >= 0.6 is 0 Å². The maximum absolute atomic E-state index is 12.7. The Labute approximate surface area is 163 Å². The van der Waals surface area contributed by atoms with Crippen LogP contribution in [-0.2, 0) is 4.79 Å². The molecule has 7 heteroatoms. The number of H-pyrrole nitrogens is 1. The summed E-state index contributed by atoms with van der Waals surface area (Å²) in [7, 11) is 0. The molecule has 2 heterocycles. The molecule has 148 valence electrons. The van der Waals surface area contributed by atoms with Gasteiger partial charge in [-0.25, -0.2) is 4.79 Å². The van der Waals surface area contributed by atoms with Crippen molar-refractivity contribution in [3.05, 3.63) is 34.8 Å². The normalized spacial score (nSPS) is 25.4. The first-order valence-electron chi connectivity index (χ1n) is 10.3. The second-order valence-corrected chi connectivity index (χ2v) is 8.40. The quantitative estimate of drug-likeness (QED) is 0.858. The number of ether oxygens (including phenoxy) is 1. The van der Waals surface area contributed by atoms with Crippen LogP contribution in [0.4, 0.5) is 0 Å². The number of carbonyl (C=O) groups excluding carboxylic acids is 1. The maximum atomic E-state index is 12.7. The highest BCUT2D eigenvalue weighted by Gasteiger charge is 2.39. The Morgan fingerprint density at radius 1 is 1.11 bits per heavy atom. The van der Waals surface area contributed by atoms with Crippen LogP contribution in [0.1, 0.15) is 38.5 Å². The van der Waals surface area contributed by atoms with Crippen LogP contribution < -0.4 is 10.5 Å². The lowest BCUT2D eigenvalue weighted by Gasteiger charge is -2.42. The minimum absolute atomic E-state index is 0.0124. The van der Waals surface area contributed by atoms with Crippen LogP contribution in [0.5, 0.6) is 5.75 Å². The standard InChI is InChI=1S/C21H25N3O4/c25-20(15-8-6-14(7-9-15)13-4-5-13)24-11-18(12-24)27-17-3-1-2-16(10-17)19-22-21(26)28-23-19/h1-3,10,13-15,18H,4-9,11-12H2,(H,22,23,26). The predicted octanol–water partition coefficient (Wildman–Crippen LogP) is 2.84. The zero-order valence-electron chi connectivity index (χ0n) is 15.8. The zero-order chi connectivity index (χ0) is 19.1. The molecule has 1 saturated heterocycles. The van der Waals surface area contributed by atoms with Gasteiger partial charge in [0.2, 0.25) is 5.91 Å². The van der Waals surface area contributed by atoms with Crippen molar-refractivity contribution in [3.8, 4) is 17.1 Å². The molecule has 2 aliphatic carbocycles. The average molecular weight is 383 g/mol. The van der Waals surface area contributed by atoms with E-state index in [9.17, 15) is 9.59 Å². The zero-order valence-corrected chi connectivity index (χ0v) is 15.8. The first kappa shape index (κ1) is 17.5. The van der Waals surface area contributed by atoms with Crippen molar-refractivity contribution in [3.63, 3.8) is 0 Å². The van der Waals surface area contributed by atoms with Gasteiger partial charge in [0.05, 0.1) is 13.1 Å². The molecule has 1 aromatic heterocycles. The van der Waals surface area contributed by atoms with Gasteiger partial charge in [-0.15, -0.1) is 0 Å². The third kappa shape index (κ3) is 3.57. The third-order valence-electron chi connectivity index (χ3n) is 6.42. The molecule has 1 amide bonds. The van der Waals surface area contributed by atoms with Gasteiger partial charge < -0.3 is 9.64 Å². The molecule has 0 bridgehead atoms. The van der Waals surface area contributed by atoms with Crippen LogP contribution in [0.2, 0.25) is 0 Å². The van der Waals surface area contributed by atoms with Crippen molar-refractivity contribution >= 4 is 5.91 Å². The van der Waals surface area contributed by atoms with Crippen molar-refractivity contribution in [2.24, 2.45) is 17.8 Å². The molecule has 0 spiro atoms. The number of amides is 1. The summed E-state index contributed by atoms with van der Waals surface area (Å²) < 4.78 is 10.5. The highest BCUT2D eigenvalue weighted by Crippen LogP contribution is 2.45. The molecule has 5 rings (SSSR count). The number of likely N-dealkylation sites (tertiary alicyclic amines) is 1. The molecule has 2 saturated carbocycles. The van der Waals surface area contributed by atoms with Crippen molar-refractivity contribution in [1.29, 1.82) is 0 Å². The Bertz CT molecular complexity index is 902. The highest BCUT2D eigenvalue weighted by atomic mass is 16.5. The lowest BCUT2D eigenvalue weighted by Crippen LogP contribution is -2.57. The van der Waals surface area contributed by atoms with E-state index >= 15 is 0 Å². The number of aromatic nitrogens is 2. The van der Waals surface area contributed by atoms with Crippen molar-refractivity contribution in [1.82, 2.24) is 15.0 Å². The molecule has 2 aromatic rings. The Kier molecular flexibility index (Phi) is 4.45. The molecule has 3 fully saturated rings. The van der Waals surface area contributed by atoms with Gasteiger partial charge >= 0.3 is 5.76 Å². The number of aromatic amines is 1. The molecule has 7 nitrogen and oxygen atoms in total. The van der Waals surface area contributed by atoms with Gasteiger partial charge in [-0.1, -0.05) is 17.3 Å². The fraction of sp³-hybridized carbons (Fsp3) is 0.571. The maximum Gasteiger partial charge on any atom is 0.439 e. The van der Waals surface area contributed by atoms with E-state index in [1.165, 1.54) is 25.7 Å². The number of carbonyl (C=O) groups is 1. The van der Waals surface area contributed by atoms with E-state index in [0.717, 1.165) is 30.2 Å². The number of hydrogen-bond donors (Lipinski definition) is 1. The molecule has 0 unspecified atom stereocenters. The Balaban J connectivity index is 1.12. The molecular formula is C21H25N3O4. The summed E-state index contributed by atoms with van der Waals surface area (Å²) in [5, 5.41) is 3.70. The van der Waals surface area contributed by atoms with Gasteiger partial charge in [-0.2, -0.15) is 0 Å². The Hall–Kier alpha value is -2.57. The van der Waals surface area contributed by atoms with Crippen LogP contribution in [-0.4, -0.2) is 40.1 Å². The Morgan fingerprint density at radius 3 is 2.46 bits per heavy atom. The van der Waals surface area contributed by atoms with E-state index in [1.807, 2.05) is 29.2 Å². The van der Waals surface area contributed by atoms with E-state index < -0.39 is 5.76 Å². The second kappa shape index (κ2) is 7.11. The van der Waals surface area contributed by atoms with Gasteiger partial charge in [-0.3, -0.25) is 14.3 Å². The van der Waals surface area contributed by atoms with E-state index in [2.05, 4.69) is 14.7 Å². The molecule has 0 atom stereocenters. The molecular weight excluding hydrogens is 358 g/mol.